The van der Waals surface area contributed by atoms with Gasteiger partial charge in [0.15, 0.2) is 16.6 Å². The molecule has 3 rings (SSSR count). The topological polar surface area (TPSA) is 44.8 Å². The first-order valence-corrected chi connectivity index (χ1v) is 23.2. The quantitative estimate of drug-likeness (QED) is 0.0766. The SMILES string of the molecule is CCCCC[C@@H](/C=C/[C@H]1[C@H](O[Si](CC)(CC)CC)CC(=O)[C@@H]1Cc1cccc(OCc2ccccc2)c1)O[Si](CC)(CC)CC. The van der Waals surface area contributed by atoms with Gasteiger partial charge in [-0.1, -0.05) is 122 Å². The third-order valence-corrected chi connectivity index (χ3v) is 20.0. The lowest BCUT2D eigenvalue weighted by Crippen LogP contribution is -2.41. The van der Waals surface area contributed by atoms with E-state index >= 15 is 0 Å². The molecule has 0 heterocycles. The summed E-state index contributed by atoms with van der Waals surface area (Å²) < 4.78 is 20.3. The number of carbonyl (C=O) groups is 1. The second-order valence-electron chi connectivity index (χ2n) is 13.2. The Labute approximate surface area is 277 Å². The van der Waals surface area contributed by atoms with E-state index in [-0.39, 0.29) is 24.0 Å². The fraction of sp³-hybridized carbons (Fsp3) is 0.615. The molecule has 2 aromatic carbocycles. The minimum absolute atomic E-state index is 0.0513. The lowest BCUT2D eigenvalue weighted by molar-refractivity contribution is -0.121. The molecular weight excluding hydrogens is 589 g/mol. The molecule has 0 N–H and O–H groups in total. The number of hydrogen-bond acceptors (Lipinski definition) is 4. The van der Waals surface area contributed by atoms with E-state index in [1.807, 2.05) is 24.3 Å². The molecule has 0 saturated heterocycles. The van der Waals surface area contributed by atoms with Crippen molar-refractivity contribution in [2.24, 2.45) is 11.8 Å². The van der Waals surface area contributed by atoms with E-state index in [9.17, 15) is 4.79 Å². The molecule has 0 bridgehead atoms. The van der Waals surface area contributed by atoms with Crippen molar-refractivity contribution < 1.29 is 18.4 Å². The van der Waals surface area contributed by atoms with E-state index in [0.29, 0.717) is 25.2 Å². The molecule has 0 aromatic heterocycles. The van der Waals surface area contributed by atoms with Gasteiger partial charge in [-0.2, -0.15) is 0 Å². The van der Waals surface area contributed by atoms with E-state index < -0.39 is 16.6 Å². The Morgan fingerprint density at radius 1 is 0.800 bits per heavy atom. The zero-order chi connectivity index (χ0) is 32.7. The number of unbranched alkanes of at least 4 members (excludes halogenated alkanes) is 2. The predicted molar refractivity (Wildman–Crippen MR) is 195 cm³/mol. The highest BCUT2D eigenvalue weighted by atomic mass is 28.4. The number of ketones is 1. The van der Waals surface area contributed by atoms with Crippen molar-refractivity contribution >= 4 is 22.4 Å². The van der Waals surface area contributed by atoms with Gasteiger partial charge in [0.2, 0.25) is 0 Å². The highest BCUT2D eigenvalue weighted by Gasteiger charge is 2.45. The first-order chi connectivity index (χ1) is 21.8. The van der Waals surface area contributed by atoms with Gasteiger partial charge in [-0.05, 0) is 72.4 Å². The molecule has 1 aliphatic rings. The maximum absolute atomic E-state index is 13.8. The van der Waals surface area contributed by atoms with Crippen LogP contribution >= 0.6 is 0 Å². The summed E-state index contributed by atoms with van der Waals surface area (Å²) >= 11 is 0. The summed E-state index contributed by atoms with van der Waals surface area (Å²) in [6, 6.07) is 25.3. The fourth-order valence-electron chi connectivity index (χ4n) is 7.03. The first-order valence-electron chi connectivity index (χ1n) is 18.1. The zero-order valence-electron chi connectivity index (χ0n) is 29.5. The molecular formula is C39H62O4Si2. The highest BCUT2D eigenvalue weighted by molar-refractivity contribution is 6.74. The van der Waals surface area contributed by atoms with Gasteiger partial charge in [-0.25, -0.2) is 0 Å². The van der Waals surface area contributed by atoms with Gasteiger partial charge >= 0.3 is 0 Å². The van der Waals surface area contributed by atoms with Gasteiger partial charge < -0.3 is 13.6 Å². The Morgan fingerprint density at radius 3 is 2.07 bits per heavy atom. The van der Waals surface area contributed by atoms with Crippen molar-refractivity contribution in [3.05, 3.63) is 77.9 Å². The number of carbonyl (C=O) groups excluding carboxylic acids is 1. The van der Waals surface area contributed by atoms with Crippen LogP contribution in [0.25, 0.3) is 0 Å². The average molecular weight is 651 g/mol. The molecule has 1 aliphatic carbocycles. The number of rotatable bonds is 21. The Kier molecular flexibility index (Phi) is 15.8. The Bertz CT molecular complexity index is 1140. The molecule has 4 nitrogen and oxygen atoms in total. The van der Waals surface area contributed by atoms with E-state index in [2.05, 4.69) is 91.0 Å². The third kappa shape index (κ3) is 10.8. The van der Waals surface area contributed by atoms with Crippen molar-refractivity contribution in [2.75, 3.05) is 0 Å². The maximum atomic E-state index is 13.8. The summed E-state index contributed by atoms with van der Waals surface area (Å²) in [5.41, 5.74) is 2.29. The van der Waals surface area contributed by atoms with E-state index in [4.69, 9.17) is 13.6 Å². The van der Waals surface area contributed by atoms with Crippen LogP contribution in [0.2, 0.25) is 36.3 Å². The summed E-state index contributed by atoms with van der Waals surface area (Å²) in [6.07, 6.45) is 10.6. The number of ether oxygens (including phenoxy) is 1. The molecule has 1 saturated carbocycles. The van der Waals surface area contributed by atoms with Crippen LogP contribution in [0, 0.1) is 11.8 Å². The van der Waals surface area contributed by atoms with Crippen LogP contribution in [0.4, 0.5) is 0 Å². The van der Waals surface area contributed by atoms with Gasteiger partial charge in [0, 0.05) is 18.3 Å². The van der Waals surface area contributed by atoms with Crippen molar-refractivity contribution in [1.29, 1.82) is 0 Å². The van der Waals surface area contributed by atoms with Gasteiger partial charge in [-0.15, -0.1) is 0 Å². The van der Waals surface area contributed by atoms with E-state index in [0.717, 1.165) is 59.6 Å². The molecule has 1 fully saturated rings. The maximum Gasteiger partial charge on any atom is 0.192 e. The number of hydrogen-bond donors (Lipinski definition) is 0. The van der Waals surface area contributed by atoms with Gasteiger partial charge in [0.25, 0.3) is 0 Å². The van der Waals surface area contributed by atoms with Crippen LogP contribution in [0.1, 0.15) is 91.7 Å². The lowest BCUT2D eigenvalue weighted by Gasteiger charge is -2.35. The monoisotopic (exact) mass is 650 g/mol. The normalized spacial score (nSPS) is 19.8. The van der Waals surface area contributed by atoms with Crippen molar-refractivity contribution in [2.45, 2.75) is 142 Å². The van der Waals surface area contributed by atoms with Crippen LogP contribution in [0.5, 0.6) is 5.75 Å². The average Bonchev–Trinajstić information content (AvgIpc) is 3.36. The van der Waals surface area contributed by atoms with Crippen LogP contribution in [-0.4, -0.2) is 34.6 Å². The van der Waals surface area contributed by atoms with Crippen LogP contribution in [0.15, 0.2) is 66.7 Å². The van der Waals surface area contributed by atoms with Crippen LogP contribution in [0.3, 0.4) is 0 Å². The van der Waals surface area contributed by atoms with Crippen LogP contribution in [-0.2, 0) is 26.7 Å². The third-order valence-electron chi connectivity index (χ3n) is 10.6. The molecule has 2 aromatic rings. The van der Waals surface area contributed by atoms with Crippen molar-refractivity contribution in [3.8, 4) is 5.75 Å². The van der Waals surface area contributed by atoms with Crippen LogP contribution < -0.4 is 4.74 Å². The summed E-state index contributed by atoms with van der Waals surface area (Å²) in [5.74, 6) is 1.13. The zero-order valence-corrected chi connectivity index (χ0v) is 31.5. The fourth-order valence-corrected chi connectivity index (χ4v) is 12.8. The Balaban J connectivity index is 1.89. The first kappa shape index (κ1) is 37.5. The molecule has 0 amide bonds. The van der Waals surface area contributed by atoms with E-state index in [1.165, 1.54) is 19.3 Å². The van der Waals surface area contributed by atoms with Crippen molar-refractivity contribution in [3.63, 3.8) is 0 Å². The molecule has 0 radical (unpaired) electrons. The lowest BCUT2D eigenvalue weighted by atomic mass is 9.87. The molecule has 0 spiro atoms. The van der Waals surface area contributed by atoms with Crippen molar-refractivity contribution in [1.82, 2.24) is 0 Å². The molecule has 250 valence electrons. The second kappa shape index (κ2) is 19.0. The predicted octanol–water partition coefficient (Wildman–Crippen LogP) is 10.9. The summed E-state index contributed by atoms with van der Waals surface area (Å²) in [5, 5.41) is 0. The summed E-state index contributed by atoms with van der Waals surface area (Å²) in [7, 11) is -3.67. The summed E-state index contributed by atoms with van der Waals surface area (Å²) in [6.45, 7) is 16.6. The Hall–Kier alpha value is -2.00. The molecule has 4 atom stereocenters. The van der Waals surface area contributed by atoms with Gasteiger partial charge in [0.1, 0.15) is 18.1 Å². The Morgan fingerprint density at radius 2 is 1.44 bits per heavy atom. The smallest absolute Gasteiger partial charge is 0.192 e. The number of benzene rings is 2. The molecule has 45 heavy (non-hydrogen) atoms. The van der Waals surface area contributed by atoms with E-state index in [1.54, 1.807) is 0 Å². The minimum Gasteiger partial charge on any atom is -0.489 e. The van der Waals surface area contributed by atoms with Gasteiger partial charge in [-0.3, -0.25) is 4.79 Å². The number of Topliss-reactive ketones (excluding diaryl/α,β-unsaturated/α-hetero) is 1. The molecule has 0 unspecified atom stereocenters. The minimum atomic E-state index is -1.90. The standard InChI is InChI=1S/C39H62O4Si2/c1-8-15-17-24-34(42-44(9-2,10-3)11-4)26-27-36-37(38(40)30-39(36)43-45(12-5,13-6)14-7)29-33-23-20-25-35(28-33)41-31-32-21-18-16-19-22-32/h16,18-23,25-28,34,36-37,39H,8-15,17,24,29-31H2,1-7H3/b27-26+/t34-,36+,37+,39+/m0/s1. The second-order valence-corrected chi connectivity index (χ2v) is 22.6. The highest BCUT2D eigenvalue weighted by Crippen LogP contribution is 2.39. The summed E-state index contributed by atoms with van der Waals surface area (Å²) in [4.78, 5) is 13.8. The van der Waals surface area contributed by atoms with Gasteiger partial charge in [0.05, 0.1) is 12.2 Å². The largest absolute Gasteiger partial charge is 0.489 e. The molecule has 0 aliphatic heterocycles. The molecule has 6 heteroatoms.